The number of aromatic nitrogens is 3. The van der Waals surface area contributed by atoms with Gasteiger partial charge in [-0.3, -0.25) is 14.9 Å². The summed E-state index contributed by atoms with van der Waals surface area (Å²) in [6, 6.07) is 0.533. The monoisotopic (exact) mass is 240 g/mol. The minimum Gasteiger partial charge on any atom is -0.302 e. The molecule has 1 rings (SSSR count). The fourth-order valence-corrected chi connectivity index (χ4v) is 1.38. The number of hydrazine groups is 1. The van der Waals surface area contributed by atoms with Gasteiger partial charge in [0.15, 0.2) is 5.69 Å². The Morgan fingerprint density at radius 1 is 1.71 bits per heavy atom. The quantitative estimate of drug-likeness (QED) is 0.401. The third-order valence-electron chi connectivity index (χ3n) is 2.93. The van der Waals surface area contributed by atoms with Gasteiger partial charge in [-0.2, -0.15) is 0 Å². The lowest BCUT2D eigenvalue weighted by atomic mass is 10.2. The third kappa shape index (κ3) is 3.79. The molecule has 0 radical (unpaired) electrons. The van der Waals surface area contributed by atoms with Crippen molar-refractivity contribution in [3.63, 3.8) is 0 Å². The van der Waals surface area contributed by atoms with E-state index in [-0.39, 0.29) is 5.69 Å². The number of hydrogen-bond acceptors (Lipinski definition) is 5. The second-order valence-electron chi connectivity index (χ2n) is 4.08. The van der Waals surface area contributed by atoms with Crippen molar-refractivity contribution in [2.75, 3.05) is 13.6 Å². The number of nitrogens with two attached hydrogens (primary N) is 1. The highest BCUT2D eigenvalue weighted by Crippen LogP contribution is 2.00. The van der Waals surface area contributed by atoms with Gasteiger partial charge in [0.1, 0.15) is 0 Å². The number of nitrogens with zero attached hydrogens (tertiary/aromatic N) is 4. The molecule has 1 heterocycles. The molecule has 17 heavy (non-hydrogen) atoms. The maximum Gasteiger partial charge on any atom is 0.287 e. The third-order valence-corrected chi connectivity index (χ3v) is 2.93. The molecule has 1 atom stereocenters. The van der Waals surface area contributed by atoms with E-state index >= 15 is 0 Å². The first-order valence-electron chi connectivity index (χ1n) is 5.69. The molecule has 1 aromatic rings. The molecule has 96 valence electrons. The Bertz CT molecular complexity index is 363. The lowest BCUT2D eigenvalue weighted by Gasteiger charge is -2.22. The second-order valence-corrected chi connectivity index (χ2v) is 4.08. The largest absolute Gasteiger partial charge is 0.302 e. The predicted molar refractivity (Wildman–Crippen MR) is 64.1 cm³/mol. The van der Waals surface area contributed by atoms with Gasteiger partial charge in [0.05, 0.1) is 12.7 Å². The molecule has 0 aliphatic heterocycles. The van der Waals surface area contributed by atoms with Crippen LogP contribution in [0.25, 0.3) is 0 Å². The Balaban J connectivity index is 2.47. The van der Waals surface area contributed by atoms with Gasteiger partial charge in [0.2, 0.25) is 0 Å². The summed E-state index contributed by atoms with van der Waals surface area (Å²) in [6.07, 6.45) is 2.70. The van der Waals surface area contributed by atoms with E-state index in [4.69, 9.17) is 5.84 Å². The van der Waals surface area contributed by atoms with E-state index in [1.807, 2.05) is 5.43 Å². The van der Waals surface area contributed by atoms with Crippen LogP contribution in [0.3, 0.4) is 0 Å². The molecule has 0 saturated heterocycles. The smallest absolute Gasteiger partial charge is 0.287 e. The zero-order valence-corrected chi connectivity index (χ0v) is 10.6. The molecular formula is C10H20N6O. The van der Waals surface area contributed by atoms with Gasteiger partial charge in [-0.25, -0.2) is 5.84 Å². The van der Waals surface area contributed by atoms with E-state index in [1.165, 1.54) is 0 Å². The van der Waals surface area contributed by atoms with E-state index in [0.717, 1.165) is 13.0 Å². The van der Waals surface area contributed by atoms with E-state index < -0.39 is 5.91 Å². The van der Waals surface area contributed by atoms with Crippen molar-refractivity contribution in [2.24, 2.45) is 5.84 Å². The number of nitrogen functional groups attached to an aromatic ring is 1. The summed E-state index contributed by atoms with van der Waals surface area (Å²) in [7, 11) is 2.07. The predicted octanol–water partition coefficient (Wildman–Crippen LogP) is -0.388. The van der Waals surface area contributed by atoms with Gasteiger partial charge in [0.25, 0.3) is 5.91 Å². The molecule has 0 aliphatic carbocycles. The number of hydrogen-bond donors (Lipinski definition) is 2. The number of likely N-dealkylation sites (N-methyl/N-ethyl adjacent to an activating group) is 1. The van der Waals surface area contributed by atoms with E-state index in [9.17, 15) is 4.79 Å². The van der Waals surface area contributed by atoms with Crippen LogP contribution in [0.15, 0.2) is 6.20 Å². The summed E-state index contributed by atoms with van der Waals surface area (Å²) < 4.78 is 1.64. The van der Waals surface area contributed by atoms with Gasteiger partial charge < -0.3 is 4.90 Å². The van der Waals surface area contributed by atoms with Crippen molar-refractivity contribution in [1.82, 2.24) is 25.3 Å². The minimum atomic E-state index is -0.425. The first-order chi connectivity index (χ1) is 8.08. The highest BCUT2D eigenvalue weighted by Gasteiger charge is 2.10. The normalized spacial score (nSPS) is 12.8. The van der Waals surface area contributed by atoms with Crippen molar-refractivity contribution < 1.29 is 4.79 Å². The molecular weight excluding hydrogens is 220 g/mol. The molecule has 1 aromatic heterocycles. The number of carbonyl (C=O) groups excluding carboxylic acids is 1. The Morgan fingerprint density at radius 2 is 2.41 bits per heavy atom. The molecule has 0 aromatic carbocycles. The zero-order valence-electron chi connectivity index (χ0n) is 10.6. The van der Waals surface area contributed by atoms with E-state index in [1.54, 1.807) is 10.9 Å². The topological polar surface area (TPSA) is 89.1 Å². The van der Waals surface area contributed by atoms with Crippen LogP contribution >= 0.6 is 0 Å². The van der Waals surface area contributed by atoms with Gasteiger partial charge in [-0.1, -0.05) is 12.1 Å². The molecule has 1 amide bonds. The minimum absolute atomic E-state index is 0.235. The first kappa shape index (κ1) is 13.6. The van der Waals surface area contributed by atoms with E-state index in [2.05, 4.69) is 36.1 Å². The van der Waals surface area contributed by atoms with Gasteiger partial charge in [-0.05, 0) is 20.4 Å². The Labute approximate surface area is 101 Å². The number of rotatable bonds is 6. The van der Waals surface area contributed by atoms with Crippen LogP contribution in [0.2, 0.25) is 0 Å². The average Bonchev–Trinajstić information content (AvgIpc) is 2.82. The molecule has 7 nitrogen and oxygen atoms in total. The second kappa shape index (κ2) is 6.31. The Morgan fingerprint density at radius 3 is 3.00 bits per heavy atom. The molecule has 7 heteroatoms. The van der Waals surface area contributed by atoms with Crippen LogP contribution in [0, 0.1) is 0 Å². The van der Waals surface area contributed by atoms with Crippen LogP contribution in [0.5, 0.6) is 0 Å². The average molecular weight is 240 g/mol. The highest BCUT2D eigenvalue weighted by molar-refractivity contribution is 5.91. The zero-order chi connectivity index (χ0) is 12.8. The van der Waals surface area contributed by atoms with Crippen molar-refractivity contribution in [2.45, 2.75) is 32.9 Å². The van der Waals surface area contributed by atoms with Gasteiger partial charge >= 0.3 is 0 Å². The lowest BCUT2D eigenvalue weighted by Crippen LogP contribution is -2.31. The van der Waals surface area contributed by atoms with Crippen molar-refractivity contribution in [3.05, 3.63) is 11.9 Å². The lowest BCUT2D eigenvalue weighted by molar-refractivity contribution is 0.0948. The van der Waals surface area contributed by atoms with E-state index in [0.29, 0.717) is 12.6 Å². The van der Waals surface area contributed by atoms with Crippen LogP contribution in [0.1, 0.15) is 30.8 Å². The van der Waals surface area contributed by atoms with Gasteiger partial charge in [-0.15, -0.1) is 5.10 Å². The molecule has 0 bridgehead atoms. The fraction of sp³-hybridized carbons (Fsp3) is 0.700. The maximum atomic E-state index is 11.2. The Hall–Kier alpha value is -1.47. The Kier molecular flexibility index (Phi) is 5.05. The molecule has 0 fully saturated rings. The first-order valence-corrected chi connectivity index (χ1v) is 5.69. The van der Waals surface area contributed by atoms with Crippen LogP contribution in [-0.4, -0.2) is 45.4 Å². The summed E-state index contributed by atoms with van der Waals surface area (Å²) in [6.45, 7) is 5.89. The summed E-state index contributed by atoms with van der Waals surface area (Å²) in [5, 5.41) is 7.60. The molecule has 3 N–H and O–H groups in total. The molecule has 0 aliphatic rings. The summed E-state index contributed by atoms with van der Waals surface area (Å²) >= 11 is 0. The fourth-order valence-electron chi connectivity index (χ4n) is 1.38. The molecule has 1 unspecified atom stereocenters. The summed E-state index contributed by atoms with van der Waals surface area (Å²) in [5.41, 5.74) is 2.26. The van der Waals surface area contributed by atoms with Crippen molar-refractivity contribution >= 4 is 5.91 Å². The van der Waals surface area contributed by atoms with Crippen LogP contribution in [0.4, 0.5) is 0 Å². The number of carbonyl (C=O) groups is 1. The summed E-state index contributed by atoms with van der Waals surface area (Å²) in [5.74, 6) is 4.58. The molecule has 0 saturated carbocycles. The number of nitrogens with one attached hydrogen (secondary N) is 1. The SMILES string of the molecule is CCC(C)N(C)CCn1cc(C(=O)NN)nn1. The van der Waals surface area contributed by atoms with Crippen molar-refractivity contribution in [3.8, 4) is 0 Å². The van der Waals surface area contributed by atoms with Crippen molar-refractivity contribution in [1.29, 1.82) is 0 Å². The number of amides is 1. The standard InChI is InChI=1S/C10H20N6O/c1-4-8(2)15(3)5-6-16-7-9(13-14-16)10(17)12-11/h7-8H,4-6,11H2,1-3H3,(H,12,17). The van der Waals surface area contributed by atoms with Crippen LogP contribution in [-0.2, 0) is 6.54 Å². The van der Waals surface area contributed by atoms with Crippen LogP contribution < -0.4 is 11.3 Å². The maximum absolute atomic E-state index is 11.2. The van der Waals surface area contributed by atoms with Gasteiger partial charge in [0, 0.05) is 12.6 Å². The highest BCUT2D eigenvalue weighted by atomic mass is 16.2. The summed E-state index contributed by atoms with van der Waals surface area (Å²) in [4.78, 5) is 13.4. The molecule has 0 spiro atoms.